The molecule has 1 amide bonds. The topological polar surface area (TPSA) is 55.2 Å². The fraction of sp³-hybridized carbons (Fsp3) is 0.370. The summed E-state index contributed by atoms with van der Waals surface area (Å²) in [6.07, 6.45) is -2.13. The van der Waals surface area contributed by atoms with E-state index in [1.165, 1.54) is 9.58 Å². The van der Waals surface area contributed by atoms with Crippen molar-refractivity contribution in [2.24, 2.45) is 5.92 Å². The Hall–Kier alpha value is -2.94. The van der Waals surface area contributed by atoms with E-state index in [0.29, 0.717) is 37.1 Å². The first-order valence-electron chi connectivity index (χ1n) is 11.9. The lowest BCUT2D eigenvalue weighted by Crippen LogP contribution is -2.35. The van der Waals surface area contributed by atoms with Crippen molar-refractivity contribution in [2.75, 3.05) is 11.9 Å². The molecule has 0 bridgehead atoms. The Labute approximate surface area is 216 Å². The van der Waals surface area contributed by atoms with Crippen LogP contribution in [0.4, 0.5) is 18.9 Å². The molecular formula is C27H27BrF3N3O2. The molecule has 3 aromatic rings. The summed E-state index contributed by atoms with van der Waals surface area (Å²) in [5.74, 6) is -1.23. The molecule has 1 aliphatic rings. The van der Waals surface area contributed by atoms with E-state index in [1.807, 2.05) is 54.6 Å². The van der Waals surface area contributed by atoms with Crippen LogP contribution in [0.5, 0.6) is 0 Å². The highest BCUT2D eigenvalue weighted by Gasteiger charge is 2.39. The molecule has 0 N–H and O–H groups in total. The third kappa shape index (κ3) is 6.06. The fourth-order valence-corrected chi connectivity index (χ4v) is 5.23. The molecule has 1 aliphatic carbocycles. The van der Waals surface area contributed by atoms with Crippen LogP contribution in [0.15, 0.2) is 59.1 Å². The first kappa shape index (κ1) is 26.1. The van der Waals surface area contributed by atoms with Crippen LogP contribution in [0, 0.1) is 5.92 Å². The van der Waals surface area contributed by atoms with Gasteiger partial charge in [-0.15, -0.1) is 0 Å². The number of Topliss-reactive ketones (excluding diaryl/α,β-unsaturated/α-hetero) is 1. The summed E-state index contributed by atoms with van der Waals surface area (Å²) in [5.41, 5.74) is 1.37. The molecule has 0 spiro atoms. The van der Waals surface area contributed by atoms with Crippen LogP contribution in [0.25, 0.3) is 0 Å². The van der Waals surface area contributed by atoms with Gasteiger partial charge in [0.1, 0.15) is 0 Å². The van der Waals surface area contributed by atoms with E-state index < -0.39 is 17.8 Å². The number of hydrogen-bond donors (Lipinski definition) is 0. The molecule has 0 fully saturated rings. The predicted octanol–water partition coefficient (Wildman–Crippen LogP) is 6.02. The van der Waals surface area contributed by atoms with Crippen LogP contribution in [0.2, 0.25) is 0 Å². The number of halogens is 4. The van der Waals surface area contributed by atoms with Crippen LogP contribution in [0.1, 0.15) is 41.8 Å². The molecule has 0 saturated heterocycles. The summed E-state index contributed by atoms with van der Waals surface area (Å²) >= 11 is 3.44. The van der Waals surface area contributed by atoms with Gasteiger partial charge in [-0.25, -0.2) is 0 Å². The Kier molecular flexibility index (Phi) is 7.97. The number of ketones is 1. The number of rotatable bonds is 8. The maximum atomic E-state index is 13.6. The van der Waals surface area contributed by atoms with Crippen LogP contribution < -0.4 is 4.90 Å². The molecule has 1 unspecified atom stereocenters. The van der Waals surface area contributed by atoms with E-state index in [-0.39, 0.29) is 30.2 Å². The number of carbonyl (C=O) groups excluding carboxylic acids is 2. The minimum absolute atomic E-state index is 0.0987. The van der Waals surface area contributed by atoms with E-state index >= 15 is 0 Å². The zero-order valence-corrected chi connectivity index (χ0v) is 21.5. The second kappa shape index (κ2) is 11.0. The van der Waals surface area contributed by atoms with Gasteiger partial charge in [0.05, 0.1) is 6.54 Å². The van der Waals surface area contributed by atoms with Crippen molar-refractivity contribution >= 4 is 33.3 Å². The zero-order chi connectivity index (χ0) is 25.9. The molecule has 190 valence electrons. The summed E-state index contributed by atoms with van der Waals surface area (Å²) in [4.78, 5) is 28.2. The molecule has 0 aliphatic heterocycles. The lowest BCUT2D eigenvalue weighted by atomic mass is 9.92. The number of fused-ring (bicyclic) bond motifs is 1. The van der Waals surface area contributed by atoms with Crippen LogP contribution in [-0.4, -0.2) is 28.5 Å². The molecule has 0 saturated carbocycles. The van der Waals surface area contributed by atoms with Crippen LogP contribution in [0.3, 0.4) is 0 Å². The van der Waals surface area contributed by atoms with Gasteiger partial charge in [-0.2, -0.15) is 18.3 Å². The lowest BCUT2D eigenvalue weighted by Gasteiger charge is -2.24. The molecule has 1 atom stereocenters. The van der Waals surface area contributed by atoms with E-state index in [0.717, 1.165) is 16.5 Å². The number of carbonyl (C=O) groups is 2. The van der Waals surface area contributed by atoms with E-state index in [2.05, 4.69) is 21.0 Å². The van der Waals surface area contributed by atoms with Crippen molar-refractivity contribution in [3.8, 4) is 0 Å². The van der Waals surface area contributed by atoms with Gasteiger partial charge in [-0.1, -0.05) is 46.3 Å². The average Bonchev–Trinajstić information content (AvgIpc) is 3.22. The summed E-state index contributed by atoms with van der Waals surface area (Å²) in [5, 5.41) is 3.80. The predicted molar refractivity (Wildman–Crippen MR) is 135 cm³/mol. The number of aromatic nitrogens is 2. The number of benzene rings is 2. The summed E-state index contributed by atoms with van der Waals surface area (Å²) in [6.45, 7) is -0.282. The van der Waals surface area contributed by atoms with Gasteiger partial charge in [-0.3, -0.25) is 14.3 Å². The van der Waals surface area contributed by atoms with Crippen molar-refractivity contribution in [1.29, 1.82) is 0 Å². The quantitative estimate of drug-likeness (QED) is 0.337. The van der Waals surface area contributed by atoms with Gasteiger partial charge in [0, 0.05) is 40.8 Å². The number of nitrogens with zero attached hydrogens (tertiary/aromatic N) is 3. The number of alkyl halides is 3. The van der Waals surface area contributed by atoms with Crippen molar-refractivity contribution in [2.45, 2.75) is 51.2 Å². The molecule has 1 aromatic heterocycles. The lowest BCUT2D eigenvalue weighted by molar-refractivity contribution is -0.142. The Morgan fingerprint density at radius 1 is 1.08 bits per heavy atom. The molecule has 4 rings (SSSR count). The first-order chi connectivity index (χ1) is 17.1. The Morgan fingerprint density at radius 2 is 1.81 bits per heavy atom. The minimum atomic E-state index is -4.56. The average molecular weight is 562 g/mol. The highest BCUT2D eigenvalue weighted by atomic mass is 79.9. The summed E-state index contributed by atoms with van der Waals surface area (Å²) in [6, 6.07) is 16.6. The van der Waals surface area contributed by atoms with E-state index in [4.69, 9.17) is 0 Å². The standard InChI is InChI=1S/C27H27BrF3N3O2/c1-33(21-10-3-2-4-11-21)26(36)19(14-18-8-7-9-20(28)15-18)16-22(35)17-34-24-13-6-5-12-23(24)25(32-34)27(29,30)31/h2-4,7-11,15,19H,5-6,12-14,16-17H2,1H3. The second-order valence-corrected chi connectivity index (χ2v) is 10.1. The molecule has 0 radical (unpaired) electrons. The number of amides is 1. The Bertz CT molecular complexity index is 1240. The van der Waals surface area contributed by atoms with Gasteiger partial charge in [0.25, 0.3) is 0 Å². The highest BCUT2D eigenvalue weighted by molar-refractivity contribution is 9.10. The third-order valence-corrected chi connectivity index (χ3v) is 7.01. The van der Waals surface area contributed by atoms with Gasteiger partial charge in [0.2, 0.25) is 5.91 Å². The van der Waals surface area contributed by atoms with Crippen LogP contribution >= 0.6 is 15.9 Å². The van der Waals surface area contributed by atoms with Gasteiger partial charge >= 0.3 is 6.18 Å². The Morgan fingerprint density at radius 3 is 2.50 bits per heavy atom. The molecule has 2 aromatic carbocycles. The van der Waals surface area contributed by atoms with Crippen molar-refractivity contribution in [3.05, 3.63) is 81.6 Å². The summed E-state index contributed by atoms with van der Waals surface area (Å²) in [7, 11) is 1.66. The fourth-order valence-electron chi connectivity index (χ4n) is 4.78. The molecular weight excluding hydrogens is 535 g/mol. The highest BCUT2D eigenvalue weighted by Crippen LogP contribution is 2.36. The van der Waals surface area contributed by atoms with Gasteiger partial charge < -0.3 is 4.90 Å². The smallest absolute Gasteiger partial charge is 0.315 e. The molecule has 9 heteroatoms. The largest absolute Gasteiger partial charge is 0.435 e. The molecule has 5 nitrogen and oxygen atoms in total. The number of hydrogen-bond acceptors (Lipinski definition) is 3. The maximum Gasteiger partial charge on any atom is 0.435 e. The second-order valence-electron chi connectivity index (χ2n) is 9.14. The van der Waals surface area contributed by atoms with Crippen molar-refractivity contribution in [1.82, 2.24) is 9.78 Å². The van der Waals surface area contributed by atoms with Gasteiger partial charge in [-0.05, 0) is 61.9 Å². The normalized spacial score (nSPS) is 14.2. The SMILES string of the molecule is CN(C(=O)C(CC(=O)Cn1nc(C(F)(F)F)c2c1CCCC2)Cc1cccc(Br)c1)c1ccccc1. The maximum absolute atomic E-state index is 13.6. The third-order valence-electron chi connectivity index (χ3n) is 6.52. The monoisotopic (exact) mass is 561 g/mol. The number of para-hydroxylation sites is 1. The van der Waals surface area contributed by atoms with E-state index in [1.54, 1.807) is 7.05 Å². The molecule has 36 heavy (non-hydrogen) atoms. The van der Waals surface area contributed by atoms with Crippen molar-refractivity contribution in [3.63, 3.8) is 0 Å². The van der Waals surface area contributed by atoms with Crippen LogP contribution in [-0.2, 0) is 41.6 Å². The molecule has 1 heterocycles. The minimum Gasteiger partial charge on any atom is -0.315 e. The Balaban J connectivity index is 1.57. The first-order valence-corrected chi connectivity index (χ1v) is 12.7. The van der Waals surface area contributed by atoms with E-state index in [9.17, 15) is 22.8 Å². The van der Waals surface area contributed by atoms with Gasteiger partial charge in [0.15, 0.2) is 11.5 Å². The number of anilines is 1. The summed E-state index contributed by atoms with van der Waals surface area (Å²) < 4.78 is 42.7. The zero-order valence-electron chi connectivity index (χ0n) is 19.9. The van der Waals surface area contributed by atoms with Crippen molar-refractivity contribution < 1.29 is 22.8 Å².